The van der Waals surface area contributed by atoms with Crippen molar-refractivity contribution in [2.75, 3.05) is 25.0 Å². The van der Waals surface area contributed by atoms with E-state index in [1.54, 1.807) is 0 Å². The lowest BCUT2D eigenvalue weighted by Crippen LogP contribution is -2.34. The predicted octanol–water partition coefficient (Wildman–Crippen LogP) is 2.88. The number of nitrogens with one attached hydrogen (secondary N) is 1. The molecule has 0 bridgehead atoms. The van der Waals surface area contributed by atoms with E-state index in [-0.39, 0.29) is 5.91 Å². The summed E-state index contributed by atoms with van der Waals surface area (Å²) >= 11 is 0. The minimum Gasteiger partial charge on any atom is -0.396 e. The van der Waals surface area contributed by atoms with E-state index in [1.807, 2.05) is 48.5 Å². The Bertz CT molecular complexity index is 785. The molecule has 1 saturated heterocycles. The van der Waals surface area contributed by atoms with Gasteiger partial charge in [0.2, 0.25) is 0 Å². The van der Waals surface area contributed by atoms with Crippen LogP contribution in [-0.2, 0) is 11.3 Å². The SMILES string of the molecule is O=C(C#Cc1ccccc1)Nc1cccc(CN2CCC(CO)CC2)c1. The first kappa shape index (κ1) is 18.2. The van der Waals surface area contributed by atoms with Crippen LogP contribution in [0.2, 0.25) is 0 Å². The summed E-state index contributed by atoms with van der Waals surface area (Å²) in [5.74, 6) is 5.62. The van der Waals surface area contributed by atoms with Crippen LogP contribution < -0.4 is 5.32 Å². The van der Waals surface area contributed by atoms with Crippen LogP contribution in [0.3, 0.4) is 0 Å². The van der Waals surface area contributed by atoms with E-state index >= 15 is 0 Å². The number of amides is 1. The highest BCUT2D eigenvalue weighted by molar-refractivity contribution is 6.04. The van der Waals surface area contributed by atoms with Crippen molar-refractivity contribution in [3.8, 4) is 11.8 Å². The number of piperidine rings is 1. The van der Waals surface area contributed by atoms with Crippen molar-refractivity contribution >= 4 is 11.6 Å². The molecule has 0 saturated carbocycles. The number of rotatable bonds is 4. The van der Waals surface area contributed by atoms with Gasteiger partial charge in [0.25, 0.3) is 0 Å². The second kappa shape index (κ2) is 9.19. The molecule has 2 aromatic carbocycles. The number of aliphatic hydroxyl groups excluding tert-OH is 1. The van der Waals surface area contributed by atoms with Crippen LogP contribution in [0.5, 0.6) is 0 Å². The number of hydrogen-bond donors (Lipinski definition) is 2. The molecule has 2 aromatic rings. The number of carbonyl (C=O) groups excluding carboxylic acids is 1. The van der Waals surface area contributed by atoms with Gasteiger partial charge in [-0.05, 0) is 61.7 Å². The van der Waals surface area contributed by atoms with Gasteiger partial charge in [0.05, 0.1) is 0 Å². The molecule has 4 heteroatoms. The van der Waals surface area contributed by atoms with Gasteiger partial charge in [-0.15, -0.1) is 0 Å². The van der Waals surface area contributed by atoms with E-state index in [9.17, 15) is 9.90 Å². The van der Waals surface area contributed by atoms with Crippen molar-refractivity contribution in [1.29, 1.82) is 0 Å². The number of nitrogens with zero attached hydrogens (tertiary/aromatic N) is 1. The molecule has 0 atom stereocenters. The molecule has 26 heavy (non-hydrogen) atoms. The molecule has 4 nitrogen and oxygen atoms in total. The first-order valence-corrected chi connectivity index (χ1v) is 9.03. The number of aliphatic hydroxyl groups is 1. The Balaban J connectivity index is 1.56. The molecular weight excluding hydrogens is 324 g/mol. The number of anilines is 1. The van der Waals surface area contributed by atoms with Crippen LogP contribution >= 0.6 is 0 Å². The highest BCUT2D eigenvalue weighted by Gasteiger charge is 2.18. The van der Waals surface area contributed by atoms with E-state index in [0.29, 0.717) is 12.5 Å². The largest absolute Gasteiger partial charge is 0.396 e. The molecule has 0 aliphatic carbocycles. The molecule has 1 aliphatic rings. The number of benzene rings is 2. The first-order chi connectivity index (χ1) is 12.7. The number of carbonyl (C=O) groups is 1. The summed E-state index contributed by atoms with van der Waals surface area (Å²) in [6, 6.07) is 17.4. The maximum absolute atomic E-state index is 12.0. The molecular formula is C22H24N2O2. The average Bonchev–Trinajstić information content (AvgIpc) is 2.68. The van der Waals surface area contributed by atoms with Crippen LogP contribution in [0.1, 0.15) is 24.0 Å². The third-order valence-corrected chi connectivity index (χ3v) is 4.65. The number of likely N-dealkylation sites (tertiary alicyclic amines) is 1. The summed E-state index contributed by atoms with van der Waals surface area (Å²) in [5, 5.41) is 12.1. The lowest BCUT2D eigenvalue weighted by atomic mass is 9.97. The minimum absolute atomic E-state index is 0.291. The standard InChI is InChI=1S/C22H24N2O2/c25-17-19-11-13-24(14-12-19)16-20-7-4-8-21(15-20)23-22(26)10-9-18-5-2-1-3-6-18/h1-8,15,19,25H,11-14,16-17H2,(H,23,26). The normalized spacial score (nSPS) is 15.1. The monoisotopic (exact) mass is 348 g/mol. The fraction of sp³-hybridized carbons (Fsp3) is 0.318. The third kappa shape index (κ3) is 5.45. The van der Waals surface area contributed by atoms with Gasteiger partial charge in [-0.2, -0.15) is 0 Å². The Hall–Kier alpha value is -2.61. The molecule has 134 valence electrons. The van der Waals surface area contributed by atoms with E-state index in [2.05, 4.69) is 28.1 Å². The Morgan fingerprint density at radius 1 is 1.12 bits per heavy atom. The van der Waals surface area contributed by atoms with Gasteiger partial charge in [-0.1, -0.05) is 36.3 Å². The average molecular weight is 348 g/mol. The summed E-state index contributed by atoms with van der Waals surface area (Å²) in [7, 11) is 0. The molecule has 3 rings (SSSR count). The molecule has 1 fully saturated rings. The Kier molecular flexibility index (Phi) is 6.43. The van der Waals surface area contributed by atoms with E-state index in [0.717, 1.165) is 43.7 Å². The van der Waals surface area contributed by atoms with Gasteiger partial charge in [-0.3, -0.25) is 9.69 Å². The van der Waals surface area contributed by atoms with E-state index in [1.165, 1.54) is 5.56 Å². The van der Waals surface area contributed by atoms with Crippen molar-refractivity contribution in [2.45, 2.75) is 19.4 Å². The van der Waals surface area contributed by atoms with Gasteiger partial charge < -0.3 is 10.4 Å². The highest BCUT2D eigenvalue weighted by atomic mass is 16.3. The summed E-state index contributed by atoms with van der Waals surface area (Å²) in [4.78, 5) is 14.4. The zero-order chi connectivity index (χ0) is 18.2. The summed E-state index contributed by atoms with van der Waals surface area (Å²) < 4.78 is 0. The van der Waals surface area contributed by atoms with Crippen LogP contribution in [0, 0.1) is 17.8 Å². The van der Waals surface area contributed by atoms with Crippen molar-refractivity contribution in [3.63, 3.8) is 0 Å². The van der Waals surface area contributed by atoms with E-state index < -0.39 is 0 Å². The fourth-order valence-electron chi connectivity index (χ4n) is 3.15. The van der Waals surface area contributed by atoms with Gasteiger partial charge in [0.15, 0.2) is 0 Å². The molecule has 1 amide bonds. The second-order valence-corrected chi connectivity index (χ2v) is 6.67. The second-order valence-electron chi connectivity index (χ2n) is 6.67. The summed E-state index contributed by atoms with van der Waals surface area (Å²) in [6.45, 7) is 3.16. The Morgan fingerprint density at radius 3 is 2.62 bits per heavy atom. The molecule has 0 aromatic heterocycles. The van der Waals surface area contributed by atoms with E-state index in [4.69, 9.17) is 0 Å². The van der Waals surface area contributed by atoms with Gasteiger partial charge in [0, 0.05) is 30.3 Å². The van der Waals surface area contributed by atoms with Gasteiger partial charge in [-0.25, -0.2) is 0 Å². The zero-order valence-corrected chi connectivity index (χ0v) is 14.8. The van der Waals surface area contributed by atoms with Crippen LogP contribution in [-0.4, -0.2) is 35.6 Å². The smallest absolute Gasteiger partial charge is 0.300 e. The quantitative estimate of drug-likeness (QED) is 0.836. The predicted molar refractivity (Wildman–Crippen MR) is 103 cm³/mol. The molecule has 1 aliphatic heterocycles. The maximum atomic E-state index is 12.0. The van der Waals surface area contributed by atoms with Gasteiger partial charge in [0.1, 0.15) is 0 Å². The van der Waals surface area contributed by atoms with Crippen molar-refractivity contribution in [1.82, 2.24) is 4.90 Å². The van der Waals surface area contributed by atoms with Crippen molar-refractivity contribution in [2.24, 2.45) is 5.92 Å². The topological polar surface area (TPSA) is 52.6 Å². The highest BCUT2D eigenvalue weighted by Crippen LogP contribution is 2.19. The maximum Gasteiger partial charge on any atom is 0.300 e. The van der Waals surface area contributed by atoms with Crippen molar-refractivity contribution < 1.29 is 9.90 Å². The fourth-order valence-corrected chi connectivity index (χ4v) is 3.15. The lowest BCUT2D eigenvalue weighted by molar-refractivity contribution is -0.111. The van der Waals surface area contributed by atoms with Crippen LogP contribution in [0.15, 0.2) is 54.6 Å². The Labute approximate surface area is 154 Å². The molecule has 2 N–H and O–H groups in total. The van der Waals surface area contributed by atoms with Crippen molar-refractivity contribution in [3.05, 3.63) is 65.7 Å². The number of hydrogen-bond acceptors (Lipinski definition) is 3. The van der Waals surface area contributed by atoms with Crippen LogP contribution in [0.4, 0.5) is 5.69 Å². The molecule has 0 unspecified atom stereocenters. The third-order valence-electron chi connectivity index (χ3n) is 4.65. The molecule has 0 spiro atoms. The zero-order valence-electron chi connectivity index (χ0n) is 14.8. The summed E-state index contributed by atoms with van der Waals surface area (Å²) in [6.07, 6.45) is 2.09. The molecule has 0 radical (unpaired) electrons. The lowest BCUT2D eigenvalue weighted by Gasteiger charge is -2.31. The summed E-state index contributed by atoms with van der Waals surface area (Å²) in [5.41, 5.74) is 2.75. The molecule has 1 heterocycles. The Morgan fingerprint density at radius 2 is 1.88 bits per heavy atom. The first-order valence-electron chi connectivity index (χ1n) is 9.03. The van der Waals surface area contributed by atoms with Crippen LogP contribution in [0.25, 0.3) is 0 Å². The van der Waals surface area contributed by atoms with Gasteiger partial charge >= 0.3 is 5.91 Å². The minimum atomic E-state index is -0.310.